The van der Waals surface area contributed by atoms with Crippen molar-refractivity contribution in [3.8, 4) is 0 Å². The van der Waals surface area contributed by atoms with Gasteiger partial charge in [0.25, 0.3) is 0 Å². The van der Waals surface area contributed by atoms with Gasteiger partial charge in [0.05, 0.1) is 17.9 Å². The van der Waals surface area contributed by atoms with Crippen molar-refractivity contribution >= 4 is 39.3 Å². The SMILES string of the molecule is [2H]C(C)([C@H]1[C@H](C(C)[C@@H]2CN(c3nsc4cccc(C)c34)CC(C)N2C)CCC(C)C1(C)C)N1C(=O)[C@@H]2[C@H]3C(C)C(C)C([C@@H]2C1=O)C3(C)C. The van der Waals surface area contributed by atoms with E-state index >= 15 is 0 Å². The van der Waals surface area contributed by atoms with Gasteiger partial charge in [-0.05, 0) is 122 Å². The molecule has 2 aliphatic heterocycles. The van der Waals surface area contributed by atoms with Crippen LogP contribution in [0.5, 0.6) is 0 Å². The van der Waals surface area contributed by atoms with Gasteiger partial charge in [-0.2, -0.15) is 4.37 Å². The lowest BCUT2D eigenvalue weighted by Gasteiger charge is -2.56. The molecule has 7 unspecified atom stereocenters. The minimum Gasteiger partial charge on any atom is -0.352 e. The molecule has 5 fully saturated rings. The Hall–Kier alpha value is -1.99. The number of amides is 2. The minimum atomic E-state index is -1.33. The molecule has 2 saturated heterocycles. The Kier molecular flexibility index (Phi) is 7.72. The molecule has 3 heterocycles. The van der Waals surface area contributed by atoms with E-state index in [1.807, 2.05) is 6.92 Å². The van der Waals surface area contributed by atoms with Crippen molar-refractivity contribution in [2.75, 3.05) is 25.0 Å². The number of rotatable bonds is 5. The first-order chi connectivity index (χ1) is 22.3. The van der Waals surface area contributed by atoms with E-state index in [2.05, 4.69) is 104 Å². The molecule has 258 valence electrons. The third-order valence-corrected chi connectivity index (χ3v) is 16.3. The van der Waals surface area contributed by atoms with Crippen molar-refractivity contribution < 1.29 is 11.0 Å². The van der Waals surface area contributed by atoms with E-state index in [9.17, 15) is 11.0 Å². The summed E-state index contributed by atoms with van der Waals surface area (Å²) in [4.78, 5) is 35.9. The van der Waals surface area contributed by atoms with Crippen molar-refractivity contribution in [3.63, 3.8) is 0 Å². The molecule has 0 radical (unpaired) electrons. The number of carbonyl (C=O) groups excluding carboxylic acids is 2. The summed E-state index contributed by atoms with van der Waals surface area (Å²) in [5.41, 5.74) is 1.02. The Labute approximate surface area is 289 Å². The summed E-state index contributed by atoms with van der Waals surface area (Å²) in [7, 11) is 2.27. The van der Waals surface area contributed by atoms with Gasteiger partial charge in [0, 0.05) is 36.6 Å². The first-order valence-electron chi connectivity index (χ1n) is 19.0. The highest BCUT2D eigenvalue weighted by molar-refractivity contribution is 7.13. The summed E-state index contributed by atoms with van der Waals surface area (Å²) < 4.78 is 16.5. The van der Waals surface area contributed by atoms with Crippen LogP contribution in [0.1, 0.15) is 89.0 Å². The van der Waals surface area contributed by atoms with E-state index in [1.54, 1.807) is 11.5 Å². The summed E-state index contributed by atoms with van der Waals surface area (Å²) in [6, 6.07) is 5.75. The minimum absolute atomic E-state index is 0.0327. The number of carbonyl (C=O) groups is 2. The molecule has 7 heteroatoms. The average molecular weight is 662 g/mol. The number of likely N-dealkylation sites (tertiary alicyclic amines) is 1. The Morgan fingerprint density at radius 3 is 2.17 bits per heavy atom. The van der Waals surface area contributed by atoms with Gasteiger partial charge in [0.2, 0.25) is 11.8 Å². The zero-order valence-electron chi connectivity index (χ0n) is 32.0. The molecule has 47 heavy (non-hydrogen) atoms. The monoisotopic (exact) mass is 661 g/mol. The molecular weight excluding hydrogens is 601 g/mol. The number of hydrogen-bond acceptors (Lipinski definition) is 6. The van der Waals surface area contributed by atoms with Gasteiger partial charge in [-0.3, -0.25) is 19.4 Å². The lowest BCUT2D eigenvalue weighted by Crippen LogP contribution is -2.62. The maximum absolute atomic E-state index is 14.7. The van der Waals surface area contributed by atoms with Crippen LogP contribution in [-0.4, -0.2) is 64.2 Å². The van der Waals surface area contributed by atoms with Crippen molar-refractivity contribution in [1.29, 1.82) is 0 Å². The highest BCUT2D eigenvalue weighted by Crippen LogP contribution is 2.70. The van der Waals surface area contributed by atoms with E-state index in [-0.39, 0.29) is 70.1 Å². The Morgan fingerprint density at radius 1 is 0.936 bits per heavy atom. The number of imide groups is 1. The summed E-state index contributed by atoms with van der Waals surface area (Å²) in [5.74, 6) is 2.36. The van der Waals surface area contributed by atoms with Crippen LogP contribution in [-0.2, 0) is 9.59 Å². The fourth-order valence-corrected chi connectivity index (χ4v) is 13.5. The molecule has 5 aliphatic rings. The summed E-state index contributed by atoms with van der Waals surface area (Å²) in [5, 5.41) is 1.27. The second-order valence-corrected chi connectivity index (χ2v) is 18.8. The van der Waals surface area contributed by atoms with Crippen molar-refractivity contribution in [1.82, 2.24) is 14.2 Å². The van der Waals surface area contributed by atoms with Gasteiger partial charge in [-0.1, -0.05) is 67.5 Å². The third kappa shape index (κ3) is 4.60. The van der Waals surface area contributed by atoms with Crippen LogP contribution in [0.3, 0.4) is 0 Å². The maximum Gasteiger partial charge on any atom is 0.233 e. The predicted octanol–water partition coefficient (Wildman–Crippen LogP) is 7.99. The molecule has 0 spiro atoms. The normalized spacial score (nSPS) is 42.1. The van der Waals surface area contributed by atoms with E-state index < -0.39 is 6.02 Å². The molecule has 1 aromatic carbocycles. The predicted molar refractivity (Wildman–Crippen MR) is 193 cm³/mol. The second kappa shape index (κ2) is 11.3. The van der Waals surface area contributed by atoms with Crippen LogP contribution in [0.15, 0.2) is 18.2 Å². The van der Waals surface area contributed by atoms with Gasteiger partial charge in [0.15, 0.2) is 5.82 Å². The van der Waals surface area contributed by atoms with Crippen LogP contribution in [0.4, 0.5) is 5.82 Å². The number of piperazine rings is 1. The molecule has 2 bridgehead atoms. The molecular formula is C40H60N4O2S. The van der Waals surface area contributed by atoms with Crippen molar-refractivity contribution in [3.05, 3.63) is 23.8 Å². The fraction of sp³-hybridized carbons (Fsp3) is 0.775. The van der Waals surface area contributed by atoms with Crippen LogP contribution in [0.25, 0.3) is 10.1 Å². The average Bonchev–Trinajstić information content (AvgIpc) is 3.66. The molecule has 3 aliphatic carbocycles. The van der Waals surface area contributed by atoms with Gasteiger partial charge < -0.3 is 4.90 Å². The number of aryl methyl sites for hydroxylation is 1. The van der Waals surface area contributed by atoms with E-state index in [1.165, 1.54) is 20.5 Å². The number of aromatic nitrogens is 1. The smallest absolute Gasteiger partial charge is 0.233 e. The molecule has 3 saturated carbocycles. The van der Waals surface area contributed by atoms with Crippen LogP contribution in [0, 0.1) is 76.9 Å². The van der Waals surface area contributed by atoms with E-state index in [0.717, 1.165) is 31.7 Å². The summed E-state index contributed by atoms with van der Waals surface area (Å²) in [6.07, 6.45) is 2.11. The maximum atomic E-state index is 14.7. The number of likely N-dealkylation sites (N-methyl/N-ethyl adjacent to an activating group) is 1. The molecule has 7 rings (SSSR count). The topological polar surface area (TPSA) is 56.8 Å². The highest BCUT2D eigenvalue weighted by Gasteiger charge is 2.73. The molecule has 2 aromatic rings. The first kappa shape index (κ1) is 32.2. The fourth-order valence-electron chi connectivity index (χ4n) is 12.6. The van der Waals surface area contributed by atoms with Crippen LogP contribution in [0.2, 0.25) is 0 Å². The number of fused-ring (bicyclic) bond motifs is 6. The Morgan fingerprint density at radius 2 is 1.55 bits per heavy atom. The summed E-state index contributed by atoms with van der Waals surface area (Å²) >= 11 is 1.59. The number of benzene rings is 1. The quantitative estimate of drug-likeness (QED) is 0.304. The highest BCUT2D eigenvalue weighted by atomic mass is 32.1. The lowest BCUT2D eigenvalue weighted by atomic mass is 9.53. The number of anilines is 1. The lowest BCUT2D eigenvalue weighted by molar-refractivity contribution is -0.150. The zero-order chi connectivity index (χ0) is 35.0. The largest absolute Gasteiger partial charge is 0.352 e. The van der Waals surface area contributed by atoms with Gasteiger partial charge >= 0.3 is 0 Å². The Balaban J connectivity index is 1.23. The van der Waals surface area contributed by atoms with Crippen LogP contribution >= 0.6 is 11.5 Å². The molecule has 1 aromatic heterocycles. The third-order valence-electron chi connectivity index (χ3n) is 15.5. The molecule has 0 N–H and O–H groups in total. The molecule has 6 nitrogen and oxygen atoms in total. The number of hydrogen-bond donors (Lipinski definition) is 0. The Bertz CT molecular complexity index is 1580. The van der Waals surface area contributed by atoms with Gasteiger partial charge in [0.1, 0.15) is 0 Å². The van der Waals surface area contributed by atoms with Crippen molar-refractivity contribution in [2.45, 2.75) is 107 Å². The molecule has 13 atom stereocenters. The summed E-state index contributed by atoms with van der Waals surface area (Å²) in [6.45, 7) is 26.8. The van der Waals surface area contributed by atoms with Gasteiger partial charge in [-0.15, -0.1) is 0 Å². The molecule has 2 amide bonds. The van der Waals surface area contributed by atoms with Crippen LogP contribution < -0.4 is 4.90 Å². The van der Waals surface area contributed by atoms with Gasteiger partial charge in [-0.25, -0.2) is 0 Å². The zero-order valence-corrected chi connectivity index (χ0v) is 31.8. The second-order valence-electron chi connectivity index (χ2n) is 18.0. The van der Waals surface area contributed by atoms with Crippen molar-refractivity contribution in [2.24, 2.45) is 70.0 Å². The van der Waals surface area contributed by atoms with E-state index in [0.29, 0.717) is 23.8 Å². The number of nitrogens with zero attached hydrogens (tertiary/aromatic N) is 4. The standard InChI is InChI=1S/C40H60N4O2S/c1-20-14-13-15-29-30(20)36(41-47-29)43-18-22(3)42(12)28(19-43)25(6)27-17-16-21(2)39(8,9)35(27)26(7)44-37(45)31-32(38(44)46)34-24(5)23(4)33(31)40(34,10)11/h13-15,21-28,31-35H,16-19H2,1-12H3/t21?,22?,23?,24?,25?,26?,27-,28-,31-,32+,33+,34?,35-/m0/s1/i26D. The first-order valence-corrected chi connectivity index (χ1v) is 19.3. The van der Waals surface area contributed by atoms with E-state index in [4.69, 9.17) is 4.37 Å².